The molecule has 106 valence electrons. The lowest BCUT2D eigenvalue weighted by Crippen LogP contribution is -2.49. The topological polar surface area (TPSA) is 73.6 Å². The largest absolute Gasteiger partial charge is 0.497 e. The van der Waals surface area contributed by atoms with E-state index in [-0.39, 0.29) is 12.3 Å². The van der Waals surface area contributed by atoms with Crippen LogP contribution in [0.2, 0.25) is 0 Å². The van der Waals surface area contributed by atoms with Gasteiger partial charge < -0.3 is 20.5 Å². The molecule has 0 saturated carbocycles. The monoisotopic (exact) mass is 266 g/mol. The molecule has 5 nitrogen and oxygen atoms in total. The minimum absolute atomic E-state index is 0.0954. The predicted molar refractivity (Wildman–Crippen MR) is 74.5 cm³/mol. The highest BCUT2D eigenvalue weighted by Gasteiger charge is 2.19. The van der Waals surface area contributed by atoms with Crippen LogP contribution in [-0.4, -0.2) is 32.2 Å². The van der Waals surface area contributed by atoms with Crippen molar-refractivity contribution in [3.8, 4) is 11.5 Å². The van der Waals surface area contributed by atoms with Gasteiger partial charge in [0, 0.05) is 17.6 Å². The number of rotatable bonds is 6. The summed E-state index contributed by atoms with van der Waals surface area (Å²) in [4.78, 5) is 12.0. The number of nitrogens with two attached hydrogens (primary N) is 1. The Hall–Kier alpha value is -1.75. The maximum Gasteiger partial charge on any atom is 0.225 e. The summed E-state index contributed by atoms with van der Waals surface area (Å²) in [5.41, 5.74) is 5.96. The number of methoxy groups -OCH3 is 2. The SMILES string of the molecule is COc1ccc(OC)c(CC(=O)NC(C)(C)CN)c1. The van der Waals surface area contributed by atoms with Crippen LogP contribution in [0.4, 0.5) is 0 Å². The molecule has 0 radical (unpaired) electrons. The number of nitrogens with one attached hydrogen (secondary N) is 1. The first-order valence-electron chi connectivity index (χ1n) is 6.14. The van der Waals surface area contributed by atoms with Crippen molar-refractivity contribution in [1.82, 2.24) is 5.32 Å². The Morgan fingerprint density at radius 3 is 2.53 bits per heavy atom. The Balaban J connectivity index is 2.83. The second kappa shape index (κ2) is 6.43. The van der Waals surface area contributed by atoms with Crippen LogP contribution < -0.4 is 20.5 Å². The molecule has 0 spiro atoms. The molecule has 0 aliphatic heterocycles. The Kier molecular flexibility index (Phi) is 5.18. The maximum atomic E-state index is 12.0. The average molecular weight is 266 g/mol. The van der Waals surface area contributed by atoms with Gasteiger partial charge in [-0.1, -0.05) is 0 Å². The number of hydrogen-bond acceptors (Lipinski definition) is 4. The zero-order valence-electron chi connectivity index (χ0n) is 11.9. The molecule has 1 amide bonds. The lowest BCUT2D eigenvalue weighted by Gasteiger charge is -2.24. The highest BCUT2D eigenvalue weighted by atomic mass is 16.5. The van der Waals surface area contributed by atoms with Crippen molar-refractivity contribution in [1.29, 1.82) is 0 Å². The molecular formula is C14H22N2O3. The molecule has 0 heterocycles. The van der Waals surface area contributed by atoms with E-state index in [1.54, 1.807) is 32.4 Å². The van der Waals surface area contributed by atoms with E-state index in [1.807, 2.05) is 13.8 Å². The third kappa shape index (κ3) is 4.44. The average Bonchev–Trinajstić information content (AvgIpc) is 2.37. The molecule has 1 aromatic carbocycles. The van der Waals surface area contributed by atoms with E-state index in [4.69, 9.17) is 15.2 Å². The Morgan fingerprint density at radius 1 is 1.32 bits per heavy atom. The second-order valence-corrected chi connectivity index (χ2v) is 4.99. The molecule has 0 aliphatic rings. The van der Waals surface area contributed by atoms with Crippen molar-refractivity contribution in [2.24, 2.45) is 5.73 Å². The molecule has 0 saturated heterocycles. The highest BCUT2D eigenvalue weighted by Crippen LogP contribution is 2.24. The molecule has 0 unspecified atom stereocenters. The van der Waals surface area contributed by atoms with Crippen molar-refractivity contribution < 1.29 is 14.3 Å². The molecule has 3 N–H and O–H groups in total. The van der Waals surface area contributed by atoms with Crippen LogP contribution in [0.15, 0.2) is 18.2 Å². The predicted octanol–water partition coefficient (Wildman–Crippen LogP) is 1.10. The van der Waals surface area contributed by atoms with Crippen molar-refractivity contribution in [2.75, 3.05) is 20.8 Å². The van der Waals surface area contributed by atoms with Crippen LogP contribution in [0.25, 0.3) is 0 Å². The van der Waals surface area contributed by atoms with Gasteiger partial charge in [0.25, 0.3) is 0 Å². The van der Waals surface area contributed by atoms with Crippen LogP contribution in [0.5, 0.6) is 11.5 Å². The van der Waals surface area contributed by atoms with E-state index in [0.717, 1.165) is 5.56 Å². The molecular weight excluding hydrogens is 244 g/mol. The third-order valence-corrected chi connectivity index (χ3v) is 2.83. The van der Waals surface area contributed by atoms with E-state index >= 15 is 0 Å². The lowest BCUT2D eigenvalue weighted by molar-refractivity contribution is -0.121. The van der Waals surface area contributed by atoms with Crippen LogP contribution >= 0.6 is 0 Å². The van der Waals surface area contributed by atoms with Crippen molar-refractivity contribution in [3.05, 3.63) is 23.8 Å². The van der Waals surface area contributed by atoms with Crippen molar-refractivity contribution in [3.63, 3.8) is 0 Å². The molecule has 0 bridgehead atoms. The van der Waals surface area contributed by atoms with Gasteiger partial charge in [-0.25, -0.2) is 0 Å². The fourth-order valence-electron chi connectivity index (χ4n) is 1.67. The smallest absolute Gasteiger partial charge is 0.225 e. The minimum Gasteiger partial charge on any atom is -0.497 e. The summed E-state index contributed by atoms with van der Waals surface area (Å²) >= 11 is 0. The van der Waals surface area contributed by atoms with Gasteiger partial charge in [0.2, 0.25) is 5.91 Å². The normalized spacial score (nSPS) is 11.0. The highest BCUT2D eigenvalue weighted by molar-refractivity contribution is 5.80. The van der Waals surface area contributed by atoms with E-state index in [2.05, 4.69) is 5.32 Å². The number of benzene rings is 1. The first kappa shape index (κ1) is 15.3. The molecule has 0 fully saturated rings. The van der Waals surface area contributed by atoms with Gasteiger partial charge in [0.05, 0.1) is 20.6 Å². The fraction of sp³-hybridized carbons (Fsp3) is 0.500. The summed E-state index contributed by atoms with van der Waals surface area (Å²) in [5, 5.41) is 2.88. The first-order valence-corrected chi connectivity index (χ1v) is 6.14. The quantitative estimate of drug-likeness (QED) is 0.808. The number of ether oxygens (including phenoxy) is 2. The van der Waals surface area contributed by atoms with E-state index < -0.39 is 5.54 Å². The summed E-state index contributed by atoms with van der Waals surface area (Å²) < 4.78 is 10.4. The van der Waals surface area contributed by atoms with Gasteiger partial charge in [-0.15, -0.1) is 0 Å². The van der Waals surface area contributed by atoms with Crippen molar-refractivity contribution >= 4 is 5.91 Å². The van der Waals surface area contributed by atoms with Gasteiger partial charge in [-0.05, 0) is 32.0 Å². The van der Waals surface area contributed by atoms with Gasteiger partial charge in [-0.3, -0.25) is 4.79 Å². The van der Waals surface area contributed by atoms with E-state index in [9.17, 15) is 4.79 Å². The summed E-state index contributed by atoms with van der Waals surface area (Å²) in [5.74, 6) is 1.27. The van der Waals surface area contributed by atoms with Gasteiger partial charge in [0.1, 0.15) is 11.5 Å². The van der Waals surface area contributed by atoms with Gasteiger partial charge in [-0.2, -0.15) is 0 Å². The Bertz CT molecular complexity index is 444. The standard InChI is InChI=1S/C14H22N2O3/c1-14(2,9-15)16-13(17)8-10-7-11(18-3)5-6-12(10)19-4/h5-7H,8-9,15H2,1-4H3,(H,16,17). The fourth-order valence-corrected chi connectivity index (χ4v) is 1.67. The molecule has 1 rings (SSSR count). The molecule has 1 aromatic rings. The number of hydrogen-bond donors (Lipinski definition) is 2. The van der Waals surface area contributed by atoms with E-state index in [0.29, 0.717) is 18.0 Å². The Labute approximate surface area is 114 Å². The van der Waals surface area contributed by atoms with Crippen LogP contribution in [0.3, 0.4) is 0 Å². The number of carbonyl (C=O) groups is 1. The molecule has 0 aliphatic carbocycles. The zero-order chi connectivity index (χ0) is 14.5. The summed E-state index contributed by atoms with van der Waals surface area (Å²) in [6.45, 7) is 4.15. The van der Waals surface area contributed by atoms with Gasteiger partial charge >= 0.3 is 0 Å². The molecule has 0 atom stereocenters. The molecule has 5 heteroatoms. The summed E-state index contributed by atoms with van der Waals surface area (Å²) in [6, 6.07) is 5.38. The summed E-state index contributed by atoms with van der Waals surface area (Å²) in [7, 11) is 3.16. The molecule has 19 heavy (non-hydrogen) atoms. The van der Waals surface area contributed by atoms with Crippen LogP contribution in [0.1, 0.15) is 19.4 Å². The Morgan fingerprint density at radius 2 is 2.00 bits per heavy atom. The van der Waals surface area contributed by atoms with Gasteiger partial charge in [0.15, 0.2) is 0 Å². The number of amides is 1. The van der Waals surface area contributed by atoms with E-state index in [1.165, 1.54) is 0 Å². The minimum atomic E-state index is -0.414. The maximum absolute atomic E-state index is 12.0. The third-order valence-electron chi connectivity index (χ3n) is 2.83. The van der Waals surface area contributed by atoms with Crippen LogP contribution in [0, 0.1) is 0 Å². The van der Waals surface area contributed by atoms with Crippen molar-refractivity contribution in [2.45, 2.75) is 25.8 Å². The molecule has 0 aromatic heterocycles. The number of carbonyl (C=O) groups excluding carboxylic acids is 1. The second-order valence-electron chi connectivity index (χ2n) is 4.99. The lowest BCUT2D eigenvalue weighted by atomic mass is 10.0. The van der Waals surface area contributed by atoms with Crippen LogP contribution in [-0.2, 0) is 11.2 Å². The first-order chi connectivity index (χ1) is 8.91. The zero-order valence-corrected chi connectivity index (χ0v) is 11.9. The summed E-state index contributed by atoms with van der Waals surface area (Å²) in [6.07, 6.45) is 0.226.